The highest BCUT2D eigenvalue weighted by molar-refractivity contribution is 7.89. The molecule has 0 radical (unpaired) electrons. The predicted molar refractivity (Wildman–Crippen MR) is 89.7 cm³/mol. The highest BCUT2D eigenvalue weighted by Gasteiger charge is 2.23. The number of aromatic nitrogens is 3. The molecule has 0 aliphatic carbocycles. The molecule has 0 amide bonds. The molecule has 6 nitrogen and oxygen atoms in total. The van der Waals surface area contributed by atoms with Crippen LogP contribution in [0.5, 0.6) is 0 Å². The number of para-hydroxylation sites is 1. The molecular formula is C16H20N4O2S. The van der Waals surface area contributed by atoms with Crippen molar-refractivity contribution in [1.29, 1.82) is 0 Å². The first-order chi connectivity index (χ1) is 10.8. The predicted octanol–water partition coefficient (Wildman–Crippen LogP) is 2.31. The Morgan fingerprint density at radius 1 is 1.22 bits per heavy atom. The van der Waals surface area contributed by atoms with Gasteiger partial charge in [0.25, 0.3) is 0 Å². The van der Waals surface area contributed by atoms with Gasteiger partial charge in [0.1, 0.15) is 4.90 Å². The first-order valence-electron chi connectivity index (χ1n) is 7.37. The lowest BCUT2D eigenvalue weighted by atomic mass is 10.1. The number of fused-ring (bicyclic) bond motifs is 1. The quantitative estimate of drug-likeness (QED) is 0.769. The highest BCUT2D eigenvalue weighted by Crippen LogP contribution is 2.25. The van der Waals surface area contributed by atoms with E-state index in [4.69, 9.17) is 0 Å². The monoisotopic (exact) mass is 332 g/mol. The fraction of sp³-hybridized carbons (Fsp3) is 0.312. The molecule has 23 heavy (non-hydrogen) atoms. The van der Waals surface area contributed by atoms with Crippen LogP contribution >= 0.6 is 0 Å². The molecule has 0 saturated carbocycles. The minimum Gasteiger partial charge on any atom is -0.348 e. The van der Waals surface area contributed by atoms with E-state index < -0.39 is 10.0 Å². The summed E-state index contributed by atoms with van der Waals surface area (Å²) in [5, 5.41) is 7.74. The number of nitrogens with zero attached hydrogens (tertiary/aromatic N) is 2. The third-order valence-corrected chi connectivity index (χ3v) is 5.96. The highest BCUT2D eigenvalue weighted by atomic mass is 32.2. The van der Waals surface area contributed by atoms with Gasteiger partial charge in [0, 0.05) is 30.2 Å². The summed E-state index contributed by atoms with van der Waals surface area (Å²) in [6.07, 6.45) is 0. The zero-order chi connectivity index (χ0) is 16.8. The lowest BCUT2D eigenvalue weighted by molar-refractivity contribution is 0.580. The lowest BCUT2D eigenvalue weighted by Crippen LogP contribution is -2.24. The molecule has 2 aromatic heterocycles. The first kappa shape index (κ1) is 15.8. The minimum atomic E-state index is -3.61. The van der Waals surface area contributed by atoms with Gasteiger partial charge in [0.2, 0.25) is 10.0 Å². The number of aromatic amines is 1. The minimum absolute atomic E-state index is 0.232. The molecule has 1 aromatic carbocycles. The van der Waals surface area contributed by atoms with Crippen molar-refractivity contribution in [3.05, 3.63) is 46.9 Å². The lowest BCUT2D eigenvalue weighted by Gasteiger charge is -2.08. The van der Waals surface area contributed by atoms with Crippen molar-refractivity contribution in [2.45, 2.75) is 32.2 Å². The summed E-state index contributed by atoms with van der Waals surface area (Å²) in [4.78, 5) is 0.232. The molecular weight excluding hydrogens is 312 g/mol. The van der Waals surface area contributed by atoms with Gasteiger partial charge in [-0.1, -0.05) is 18.2 Å². The van der Waals surface area contributed by atoms with Gasteiger partial charge in [0.05, 0.1) is 11.4 Å². The van der Waals surface area contributed by atoms with Crippen LogP contribution in [-0.2, 0) is 23.6 Å². The second-order valence-corrected chi connectivity index (χ2v) is 7.43. The van der Waals surface area contributed by atoms with Gasteiger partial charge in [-0.25, -0.2) is 13.1 Å². The molecule has 0 atom stereocenters. The molecule has 2 N–H and O–H groups in total. The zero-order valence-corrected chi connectivity index (χ0v) is 14.5. The topological polar surface area (TPSA) is 79.8 Å². The zero-order valence-electron chi connectivity index (χ0n) is 13.6. The SMILES string of the molecule is Cc1n[nH]c(C)c1S(=O)(=O)NCc1c(C)n(C)c2ccccc12. The van der Waals surface area contributed by atoms with Crippen LogP contribution in [0.4, 0.5) is 0 Å². The van der Waals surface area contributed by atoms with Crippen molar-refractivity contribution in [2.24, 2.45) is 7.05 Å². The molecule has 3 rings (SSSR count). The summed E-state index contributed by atoms with van der Waals surface area (Å²) in [6, 6.07) is 7.99. The maximum Gasteiger partial charge on any atom is 0.244 e. The Bertz CT molecular complexity index is 964. The van der Waals surface area contributed by atoms with Crippen molar-refractivity contribution in [3.63, 3.8) is 0 Å². The van der Waals surface area contributed by atoms with Gasteiger partial charge < -0.3 is 4.57 Å². The molecule has 0 spiro atoms. The van der Waals surface area contributed by atoms with Crippen LogP contribution in [0.15, 0.2) is 29.2 Å². The van der Waals surface area contributed by atoms with Crippen molar-refractivity contribution in [3.8, 4) is 0 Å². The second kappa shape index (κ2) is 5.50. The summed E-state index contributed by atoms with van der Waals surface area (Å²) < 4.78 is 30.0. The maximum absolute atomic E-state index is 12.6. The molecule has 0 unspecified atom stereocenters. The molecule has 2 heterocycles. The summed E-state index contributed by atoms with van der Waals surface area (Å²) in [5.74, 6) is 0. The Morgan fingerprint density at radius 3 is 2.57 bits per heavy atom. The summed E-state index contributed by atoms with van der Waals surface area (Å²) in [7, 11) is -1.62. The first-order valence-corrected chi connectivity index (χ1v) is 8.85. The Morgan fingerprint density at radius 2 is 1.91 bits per heavy atom. The van der Waals surface area contributed by atoms with Crippen LogP contribution in [0, 0.1) is 20.8 Å². The molecule has 0 aliphatic rings. The van der Waals surface area contributed by atoms with E-state index in [9.17, 15) is 8.42 Å². The van der Waals surface area contributed by atoms with Gasteiger partial charge in [-0.3, -0.25) is 5.10 Å². The van der Waals surface area contributed by atoms with Crippen LogP contribution in [0.1, 0.15) is 22.6 Å². The number of nitrogens with one attached hydrogen (secondary N) is 2. The van der Waals surface area contributed by atoms with Gasteiger partial charge in [-0.15, -0.1) is 0 Å². The average Bonchev–Trinajstić information content (AvgIpc) is 2.97. The molecule has 0 bridgehead atoms. The van der Waals surface area contributed by atoms with E-state index in [0.29, 0.717) is 11.4 Å². The van der Waals surface area contributed by atoms with E-state index in [0.717, 1.165) is 22.2 Å². The van der Waals surface area contributed by atoms with E-state index in [1.54, 1.807) is 13.8 Å². The fourth-order valence-corrected chi connectivity index (χ4v) is 4.36. The number of aryl methyl sites for hydroxylation is 3. The van der Waals surface area contributed by atoms with Crippen LogP contribution < -0.4 is 4.72 Å². The van der Waals surface area contributed by atoms with E-state index in [1.807, 2.05) is 38.2 Å². The van der Waals surface area contributed by atoms with Crippen LogP contribution in [-0.4, -0.2) is 23.2 Å². The van der Waals surface area contributed by atoms with Crippen LogP contribution in [0.2, 0.25) is 0 Å². The molecule has 122 valence electrons. The number of hydrogen-bond donors (Lipinski definition) is 2. The molecule has 7 heteroatoms. The molecule has 0 aliphatic heterocycles. The van der Waals surface area contributed by atoms with Gasteiger partial charge in [-0.2, -0.15) is 5.10 Å². The number of sulfonamides is 1. The fourth-order valence-electron chi connectivity index (χ4n) is 3.00. The Labute approximate surface area is 135 Å². The molecule has 0 saturated heterocycles. The van der Waals surface area contributed by atoms with Crippen molar-refractivity contribution < 1.29 is 8.42 Å². The second-order valence-electron chi connectivity index (χ2n) is 5.73. The van der Waals surface area contributed by atoms with E-state index >= 15 is 0 Å². The number of benzene rings is 1. The van der Waals surface area contributed by atoms with Gasteiger partial charge in [0.15, 0.2) is 0 Å². The van der Waals surface area contributed by atoms with Gasteiger partial charge in [-0.05, 0) is 32.4 Å². The standard InChI is InChI=1S/C16H20N4O2S/c1-10-16(11(2)19-18-10)23(21,22)17-9-14-12(3)20(4)15-8-6-5-7-13(14)15/h5-8,17H,9H2,1-4H3,(H,18,19). The van der Waals surface area contributed by atoms with E-state index in [2.05, 4.69) is 19.5 Å². The van der Waals surface area contributed by atoms with E-state index in [1.165, 1.54) is 0 Å². The van der Waals surface area contributed by atoms with Crippen molar-refractivity contribution in [2.75, 3.05) is 0 Å². The number of rotatable bonds is 4. The van der Waals surface area contributed by atoms with Crippen LogP contribution in [0.3, 0.4) is 0 Å². The summed E-state index contributed by atoms with van der Waals surface area (Å²) in [6.45, 7) is 5.64. The van der Waals surface area contributed by atoms with Crippen LogP contribution in [0.25, 0.3) is 10.9 Å². The van der Waals surface area contributed by atoms with Gasteiger partial charge >= 0.3 is 0 Å². The van der Waals surface area contributed by atoms with E-state index in [-0.39, 0.29) is 11.4 Å². The smallest absolute Gasteiger partial charge is 0.244 e. The maximum atomic E-state index is 12.6. The average molecular weight is 332 g/mol. The van der Waals surface area contributed by atoms with Crippen molar-refractivity contribution >= 4 is 20.9 Å². The summed E-state index contributed by atoms with van der Waals surface area (Å²) >= 11 is 0. The third-order valence-electron chi connectivity index (χ3n) is 4.30. The number of H-pyrrole nitrogens is 1. The number of hydrogen-bond acceptors (Lipinski definition) is 3. The summed E-state index contributed by atoms with van der Waals surface area (Å²) in [5.41, 5.74) is 4.16. The third kappa shape index (κ3) is 2.55. The normalized spacial score (nSPS) is 12.2. The molecule has 0 fully saturated rings. The Balaban J connectivity index is 1.97. The Hall–Kier alpha value is -2.12. The molecule has 3 aromatic rings. The van der Waals surface area contributed by atoms with Crippen molar-refractivity contribution in [1.82, 2.24) is 19.5 Å². The Kier molecular flexibility index (Phi) is 3.77. The largest absolute Gasteiger partial charge is 0.348 e.